The first-order valence-corrected chi connectivity index (χ1v) is 7.73. The van der Waals surface area contributed by atoms with E-state index in [-0.39, 0.29) is 24.4 Å². The van der Waals surface area contributed by atoms with Gasteiger partial charge in [0.2, 0.25) is 5.91 Å². The number of nitrogens with two attached hydrogens (primary N) is 1. The van der Waals surface area contributed by atoms with Gasteiger partial charge in [-0.05, 0) is 44.2 Å². The number of likely N-dealkylation sites (N-methyl/N-ethyl adjacent to an activating group) is 1. The molecule has 3 N–H and O–H groups in total. The third kappa shape index (κ3) is 4.74. The first-order chi connectivity index (χ1) is 9.11. The second-order valence-electron chi connectivity index (χ2n) is 5.36. The fraction of sp³-hybridized carbons (Fsp3) is 0.643. The van der Waals surface area contributed by atoms with E-state index in [1.54, 1.807) is 11.3 Å². The molecule has 1 aromatic heterocycles. The topological polar surface area (TPSA) is 58.4 Å². The van der Waals surface area contributed by atoms with Gasteiger partial charge >= 0.3 is 0 Å². The van der Waals surface area contributed by atoms with Crippen LogP contribution < -0.4 is 11.1 Å². The van der Waals surface area contributed by atoms with E-state index < -0.39 is 0 Å². The Labute approximate surface area is 131 Å². The largest absolute Gasteiger partial charge is 0.348 e. The van der Waals surface area contributed by atoms with E-state index in [4.69, 9.17) is 5.73 Å². The van der Waals surface area contributed by atoms with Gasteiger partial charge in [0, 0.05) is 17.5 Å². The number of carbonyl (C=O) groups is 1. The van der Waals surface area contributed by atoms with Gasteiger partial charge in [0.25, 0.3) is 0 Å². The lowest BCUT2D eigenvalue weighted by Gasteiger charge is -2.26. The van der Waals surface area contributed by atoms with Crippen molar-refractivity contribution in [3.8, 4) is 0 Å². The van der Waals surface area contributed by atoms with Crippen molar-refractivity contribution in [3.63, 3.8) is 0 Å². The number of amides is 1. The highest BCUT2D eigenvalue weighted by Gasteiger charge is 2.33. The summed E-state index contributed by atoms with van der Waals surface area (Å²) in [6, 6.07) is 4.49. The van der Waals surface area contributed by atoms with E-state index >= 15 is 0 Å². The predicted octanol–water partition coefficient (Wildman–Crippen LogP) is 2.02. The predicted molar refractivity (Wildman–Crippen MR) is 86.3 cm³/mol. The van der Waals surface area contributed by atoms with Gasteiger partial charge < -0.3 is 11.1 Å². The standard InChI is InChI=1S/C14H23N3OS.ClH/c1-10(13-4-3-7-19-13)16-14(18)9-17(2)12(8-15)11-5-6-11;/h3-4,7,10-12H,5-6,8-9,15H2,1-2H3,(H,16,18);1H. The minimum absolute atomic E-state index is 0. The molecule has 1 fully saturated rings. The lowest BCUT2D eigenvalue weighted by molar-refractivity contribution is -0.123. The summed E-state index contributed by atoms with van der Waals surface area (Å²) in [7, 11) is 1.99. The number of nitrogens with one attached hydrogen (secondary N) is 1. The first-order valence-electron chi connectivity index (χ1n) is 6.85. The summed E-state index contributed by atoms with van der Waals surface area (Å²) in [6.45, 7) is 3.08. The maximum absolute atomic E-state index is 12.0. The third-order valence-electron chi connectivity index (χ3n) is 3.71. The smallest absolute Gasteiger partial charge is 0.234 e. The molecule has 1 amide bonds. The van der Waals surface area contributed by atoms with Crippen LogP contribution in [0.4, 0.5) is 0 Å². The van der Waals surface area contributed by atoms with Crippen molar-refractivity contribution in [2.24, 2.45) is 11.7 Å². The SMILES string of the molecule is CC(NC(=O)CN(C)C(CN)C1CC1)c1cccs1.Cl. The van der Waals surface area contributed by atoms with Crippen LogP contribution in [0.5, 0.6) is 0 Å². The summed E-state index contributed by atoms with van der Waals surface area (Å²) in [5.41, 5.74) is 5.80. The fourth-order valence-corrected chi connectivity index (χ4v) is 3.19. The third-order valence-corrected chi connectivity index (χ3v) is 4.77. The monoisotopic (exact) mass is 317 g/mol. The number of hydrogen-bond acceptors (Lipinski definition) is 4. The zero-order valence-electron chi connectivity index (χ0n) is 12.0. The molecule has 0 aliphatic heterocycles. The van der Waals surface area contributed by atoms with Crippen LogP contribution in [-0.4, -0.2) is 37.0 Å². The Balaban J connectivity index is 0.00000200. The van der Waals surface area contributed by atoms with Crippen molar-refractivity contribution in [1.29, 1.82) is 0 Å². The Morgan fingerprint density at radius 2 is 2.30 bits per heavy atom. The summed E-state index contributed by atoms with van der Waals surface area (Å²) < 4.78 is 0. The van der Waals surface area contributed by atoms with Crippen LogP contribution in [0, 0.1) is 5.92 Å². The molecule has 6 heteroatoms. The fourth-order valence-electron chi connectivity index (χ4n) is 2.45. The zero-order valence-corrected chi connectivity index (χ0v) is 13.7. The van der Waals surface area contributed by atoms with E-state index in [1.807, 2.05) is 31.5 Å². The van der Waals surface area contributed by atoms with Gasteiger partial charge in [-0.1, -0.05) is 6.07 Å². The lowest BCUT2D eigenvalue weighted by atomic mass is 10.1. The summed E-state index contributed by atoms with van der Waals surface area (Å²) in [6.07, 6.45) is 2.50. The Morgan fingerprint density at radius 3 is 2.80 bits per heavy atom. The highest BCUT2D eigenvalue weighted by atomic mass is 35.5. The Morgan fingerprint density at radius 1 is 1.60 bits per heavy atom. The molecule has 1 saturated carbocycles. The van der Waals surface area contributed by atoms with Gasteiger partial charge in [-0.15, -0.1) is 23.7 Å². The van der Waals surface area contributed by atoms with Crippen LogP contribution in [0.2, 0.25) is 0 Å². The second-order valence-corrected chi connectivity index (χ2v) is 6.34. The van der Waals surface area contributed by atoms with Crippen LogP contribution in [0.1, 0.15) is 30.7 Å². The molecule has 0 spiro atoms. The van der Waals surface area contributed by atoms with Gasteiger partial charge in [0.15, 0.2) is 0 Å². The highest BCUT2D eigenvalue weighted by Crippen LogP contribution is 2.34. The molecule has 20 heavy (non-hydrogen) atoms. The van der Waals surface area contributed by atoms with Gasteiger partial charge in [0.05, 0.1) is 12.6 Å². The molecule has 0 bridgehead atoms. The minimum atomic E-state index is 0. The molecule has 2 atom stereocenters. The maximum Gasteiger partial charge on any atom is 0.234 e. The van der Waals surface area contributed by atoms with Crippen molar-refractivity contribution in [2.75, 3.05) is 20.1 Å². The molecule has 114 valence electrons. The van der Waals surface area contributed by atoms with Crippen LogP contribution in [0.3, 0.4) is 0 Å². The van der Waals surface area contributed by atoms with Gasteiger partial charge in [0.1, 0.15) is 0 Å². The van der Waals surface area contributed by atoms with Crippen molar-refractivity contribution in [3.05, 3.63) is 22.4 Å². The summed E-state index contributed by atoms with van der Waals surface area (Å²) in [5.74, 6) is 0.764. The van der Waals surface area contributed by atoms with Crippen molar-refractivity contribution >= 4 is 29.7 Å². The van der Waals surface area contributed by atoms with Crippen molar-refractivity contribution in [2.45, 2.75) is 31.8 Å². The van der Waals surface area contributed by atoms with Gasteiger partial charge in [-0.2, -0.15) is 0 Å². The molecular formula is C14H24ClN3OS. The highest BCUT2D eigenvalue weighted by molar-refractivity contribution is 7.10. The quantitative estimate of drug-likeness (QED) is 0.809. The van der Waals surface area contributed by atoms with E-state index in [1.165, 1.54) is 17.7 Å². The maximum atomic E-state index is 12.0. The lowest BCUT2D eigenvalue weighted by Crippen LogP contribution is -2.45. The molecule has 1 heterocycles. The molecule has 1 aliphatic carbocycles. The number of thiophene rings is 1. The molecule has 4 nitrogen and oxygen atoms in total. The van der Waals surface area contributed by atoms with Gasteiger partial charge in [-0.25, -0.2) is 0 Å². The summed E-state index contributed by atoms with van der Waals surface area (Å²) in [4.78, 5) is 15.3. The number of rotatable bonds is 7. The van der Waals surface area contributed by atoms with Crippen molar-refractivity contribution in [1.82, 2.24) is 10.2 Å². The molecule has 1 aliphatic rings. The molecule has 2 unspecified atom stereocenters. The molecule has 0 saturated heterocycles. The molecule has 1 aromatic rings. The Bertz CT molecular complexity index is 409. The van der Waals surface area contributed by atoms with Crippen LogP contribution >= 0.6 is 23.7 Å². The second kappa shape index (κ2) is 7.98. The van der Waals surface area contributed by atoms with E-state index in [0.717, 1.165) is 0 Å². The van der Waals surface area contributed by atoms with Crippen LogP contribution in [0.25, 0.3) is 0 Å². The summed E-state index contributed by atoms with van der Waals surface area (Å²) in [5, 5.41) is 5.07. The van der Waals surface area contributed by atoms with E-state index in [0.29, 0.717) is 25.0 Å². The van der Waals surface area contributed by atoms with Gasteiger partial charge in [-0.3, -0.25) is 9.69 Å². The van der Waals surface area contributed by atoms with Crippen LogP contribution in [0.15, 0.2) is 17.5 Å². The molecule has 0 radical (unpaired) electrons. The Kier molecular flexibility index (Phi) is 6.95. The van der Waals surface area contributed by atoms with Crippen LogP contribution in [-0.2, 0) is 4.79 Å². The molecule has 0 aromatic carbocycles. The number of nitrogens with zero attached hydrogens (tertiary/aromatic N) is 1. The summed E-state index contributed by atoms with van der Waals surface area (Å²) >= 11 is 1.67. The Hall–Kier alpha value is -0.620. The average Bonchev–Trinajstić information content (AvgIpc) is 3.03. The minimum Gasteiger partial charge on any atom is -0.348 e. The molecular weight excluding hydrogens is 294 g/mol. The normalized spacial score (nSPS) is 17.4. The number of hydrogen-bond donors (Lipinski definition) is 2. The van der Waals surface area contributed by atoms with Crippen molar-refractivity contribution < 1.29 is 4.79 Å². The number of carbonyl (C=O) groups excluding carboxylic acids is 1. The molecule has 2 rings (SSSR count). The number of halogens is 1. The first kappa shape index (κ1) is 17.4. The van der Waals surface area contributed by atoms with E-state index in [2.05, 4.69) is 10.2 Å². The average molecular weight is 318 g/mol. The van der Waals surface area contributed by atoms with E-state index in [9.17, 15) is 4.79 Å². The zero-order chi connectivity index (χ0) is 13.8.